The molecule has 10 heteroatoms. The molecular weight excluding hydrogens is 367 g/mol. The Kier molecular flexibility index (Phi) is 5.99. The Morgan fingerprint density at radius 2 is 1.96 bits per heavy atom. The molecular formula is C17H18F3N3O4. The molecule has 1 heterocycles. The molecule has 0 saturated carbocycles. The third-order valence-electron chi connectivity index (χ3n) is 4.19. The predicted octanol–water partition coefficient (Wildman–Crippen LogP) is 2.68. The zero-order chi connectivity index (χ0) is 20.4. The number of nitrogens with two attached hydrogens (primary N) is 1. The maximum Gasteiger partial charge on any atom is 0.416 e. The number of nitro groups is 1. The summed E-state index contributed by atoms with van der Waals surface area (Å²) in [6.07, 6.45) is -4.75. The number of hydrogen-bond donors (Lipinski definition) is 1. The van der Waals surface area contributed by atoms with Crippen molar-refractivity contribution in [3.8, 4) is 0 Å². The first kappa shape index (κ1) is 20.6. The maximum absolute atomic E-state index is 13.5. The van der Waals surface area contributed by atoms with Crippen LogP contribution in [0, 0.1) is 10.1 Å². The molecule has 0 saturated heterocycles. The van der Waals surface area contributed by atoms with Gasteiger partial charge in [0, 0.05) is 17.2 Å². The van der Waals surface area contributed by atoms with E-state index in [9.17, 15) is 28.1 Å². The van der Waals surface area contributed by atoms with Crippen molar-refractivity contribution in [3.63, 3.8) is 0 Å². The van der Waals surface area contributed by atoms with Crippen LogP contribution in [0.25, 0.3) is 0 Å². The molecule has 0 radical (unpaired) electrons. The Morgan fingerprint density at radius 1 is 1.33 bits per heavy atom. The van der Waals surface area contributed by atoms with Crippen LogP contribution in [-0.2, 0) is 15.7 Å². The molecule has 0 bridgehead atoms. The fourth-order valence-corrected chi connectivity index (χ4v) is 3.15. The van der Waals surface area contributed by atoms with Gasteiger partial charge in [-0.15, -0.1) is 0 Å². The van der Waals surface area contributed by atoms with E-state index in [1.165, 1.54) is 26.0 Å². The van der Waals surface area contributed by atoms with E-state index in [2.05, 4.69) is 4.99 Å². The van der Waals surface area contributed by atoms with Crippen LogP contribution in [0.5, 0.6) is 0 Å². The number of hydrogen-bond acceptors (Lipinski definition) is 6. The van der Waals surface area contributed by atoms with E-state index in [4.69, 9.17) is 10.5 Å². The topological polar surface area (TPSA) is 108 Å². The van der Waals surface area contributed by atoms with E-state index < -0.39 is 34.6 Å². The summed E-state index contributed by atoms with van der Waals surface area (Å²) in [6, 6.07) is 2.84. The minimum absolute atomic E-state index is 0.00281. The van der Waals surface area contributed by atoms with Crippen LogP contribution in [0.1, 0.15) is 30.9 Å². The maximum atomic E-state index is 13.5. The predicted molar refractivity (Wildman–Crippen MR) is 90.8 cm³/mol. The molecule has 0 aromatic heterocycles. The van der Waals surface area contributed by atoms with Gasteiger partial charge >= 0.3 is 12.1 Å². The second kappa shape index (κ2) is 7.87. The molecule has 1 aromatic carbocycles. The van der Waals surface area contributed by atoms with Gasteiger partial charge in [0.2, 0.25) is 0 Å². The first-order valence-corrected chi connectivity index (χ1v) is 8.02. The minimum Gasteiger partial charge on any atom is -0.461 e. The molecule has 2 N–H and O–H groups in total. The monoisotopic (exact) mass is 385 g/mol. The Bertz CT molecular complexity index is 818. The van der Waals surface area contributed by atoms with Gasteiger partial charge in [-0.2, -0.15) is 13.2 Å². The highest BCUT2D eigenvalue weighted by Crippen LogP contribution is 2.42. The summed E-state index contributed by atoms with van der Waals surface area (Å²) in [5.41, 5.74) is 3.68. The quantitative estimate of drug-likeness (QED) is 0.476. The van der Waals surface area contributed by atoms with Gasteiger partial charge in [-0.1, -0.05) is 18.2 Å². The lowest BCUT2D eigenvalue weighted by molar-refractivity contribution is -0.505. The van der Waals surface area contributed by atoms with Gasteiger partial charge in [0.05, 0.1) is 22.8 Å². The largest absolute Gasteiger partial charge is 0.461 e. The number of rotatable bonds is 5. The van der Waals surface area contributed by atoms with E-state index in [0.29, 0.717) is 0 Å². The number of carbonyl (C=O) groups is 1. The molecule has 27 heavy (non-hydrogen) atoms. The normalized spacial score (nSPS) is 20.3. The molecule has 7 nitrogen and oxygen atoms in total. The molecule has 2 rings (SSSR count). The lowest BCUT2D eigenvalue weighted by Crippen LogP contribution is -2.41. The number of halogens is 3. The molecule has 2 atom stereocenters. The van der Waals surface area contributed by atoms with Gasteiger partial charge in [0.1, 0.15) is 6.61 Å². The summed E-state index contributed by atoms with van der Waals surface area (Å²) < 4.78 is 45.5. The highest BCUT2D eigenvalue weighted by Gasteiger charge is 2.48. The van der Waals surface area contributed by atoms with Crippen molar-refractivity contribution in [3.05, 3.63) is 56.8 Å². The van der Waals surface area contributed by atoms with Gasteiger partial charge in [0.25, 0.3) is 6.04 Å². The minimum atomic E-state index is -4.75. The number of alkyl halides is 3. The number of nitrogens with zero attached hydrogens (tertiary/aromatic N) is 2. The van der Waals surface area contributed by atoms with Crippen LogP contribution in [-0.4, -0.2) is 35.8 Å². The van der Waals surface area contributed by atoms with Crippen molar-refractivity contribution in [1.82, 2.24) is 0 Å². The average molecular weight is 385 g/mol. The van der Waals surface area contributed by atoms with Crippen LogP contribution in [0.15, 0.2) is 40.5 Å². The smallest absolute Gasteiger partial charge is 0.416 e. The van der Waals surface area contributed by atoms with E-state index in [1.54, 1.807) is 0 Å². The second-order valence-electron chi connectivity index (χ2n) is 5.97. The number of benzene rings is 1. The summed E-state index contributed by atoms with van der Waals surface area (Å²) in [7, 11) is 0. The summed E-state index contributed by atoms with van der Waals surface area (Å²) in [5.74, 6) is -2.45. The molecule has 0 amide bonds. The average Bonchev–Trinajstić information content (AvgIpc) is 2.57. The first-order valence-electron chi connectivity index (χ1n) is 8.02. The van der Waals surface area contributed by atoms with E-state index >= 15 is 0 Å². The van der Waals surface area contributed by atoms with Crippen molar-refractivity contribution in [2.75, 3.05) is 13.2 Å². The fourth-order valence-electron chi connectivity index (χ4n) is 3.15. The molecule has 0 aliphatic carbocycles. The van der Waals surface area contributed by atoms with Crippen molar-refractivity contribution in [2.45, 2.75) is 32.0 Å². The van der Waals surface area contributed by atoms with Crippen LogP contribution in [0.3, 0.4) is 0 Å². The van der Waals surface area contributed by atoms with E-state index in [1.807, 2.05) is 0 Å². The second-order valence-corrected chi connectivity index (χ2v) is 5.97. The van der Waals surface area contributed by atoms with Crippen molar-refractivity contribution in [1.29, 1.82) is 0 Å². The van der Waals surface area contributed by atoms with E-state index in [0.717, 1.165) is 12.1 Å². The van der Waals surface area contributed by atoms with Crippen molar-refractivity contribution < 1.29 is 27.6 Å². The lowest BCUT2D eigenvalue weighted by Gasteiger charge is -2.29. The Morgan fingerprint density at radius 3 is 2.52 bits per heavy atom. The third kappa shape index (κ3) is 4.16. The number of allylic oxidation sites excluding steroid dienone is 1. The standard InChI is InChI=1S/C17H18F3N3O4/c1-9-13(16(24)27-8-7-21)14(15(23(25)26)10(2)22-9)11-5-3-4-6-12(11)17(18,19)20/h3-6,14-15H,7-8,21H2,1-2H3. The van der Waals surface area contributed by atoms with Gasteiger partial charge in [0.15, 0.2) is 0 Å². The SMILES string of the molecule is CC1=NC(C)=C(C(=O)OCCN)C(c2ccccc2C(F)(F)F)C1[N+](=O)[O-]. The number of ether oxygens (including phenoxy) is 1. The summed E-state index contributed by atoms with van der Waals surface area (Å²) in [4.78, 5) is 27.4. The molecule has 0 fully saturated rings. The summed E-state index contributed by atoms with van der Waals surface area (Å²) in [6.45, 7) is 2.59. The molecule has 1 aliphatic heterocycles. The number of esters is 1. The zero-order valence-electron chi connectivity index (χ0n) is 14.6. The molecule has 146 valence electrons. The summed E-state index contributed by atoms with van der Waals surface area (Å²) in [5, 5.41) is 11.6. The van der Waals surface area contributed by atoms with Crippen LogP contribution in [0.4, 0.5) is 13.2 Å². The van der Waals surface area contributed by atoms with Crippen LogP contribution < -0.4 is 5.73 Å². The van der Waals surface area contributed by atoms with Crippen LogP contribution >= 0.6 is 0 Å². The molecule has 1 aromatic rings. The van der Waals surface area contributed by atoms with Gasteiger partial charge in [-0.05, 0) is 25.5 Å². The van der Waals surface area contributed by atoms with Gasteiger partial charge in [-0.25, -0.2) is 4.79 Å². The Hall–Kier alpha value is -2.75. The lowest BCUT2D eigenvalue weighted by atomic mass is 9.78. The molecule has 2 unspecified atom stereocenters. The molecule has 0 spiro atoms. The highest BCUT2D eigenvalue weighted by atomic mass is 19.4. The van der Waals surface area contributed by atoms with E-state index in [-0.39, 0.29) is 35.7 Å². The van der Waals surface area contributed by atoms with Crippen molar-refractivity contribution >= 4 is 11.7 Å². The molecule has 1 aliphatic rings. The number of carbonyl (C=O) groups excluding carboxylic acids is 1. The van der Waals surface area contributed by atoms with Gasteiger partial charge < -0.3 is 10.5 Å². The fraction of sp³-hybridized carbons (Fsp3) is 0.412. The van der Waals surface area contributed by atoms with Gasteiger partial charge in [-0.3, -0.25) is 15.1 Å². The van der Waals surface area contributed by atoms with Crippen molar-refractivity contribution in [2.24, 2.45) is 10.7 Å². The summed E-state index contributed by atoms with van der Waals surface area (Å²) >= 11 is 0. The third-order valence-corrected chi connectivity index (χ3v) is 4.19. The first-order chi connectivity index (χ1) is 12.6. The number of aliphatic imine (C=N–C) groups is 1. The highest BCUT2D eigenvalue weighted by molar-refractivity contribution is 5.98. The zero-order valence-corrected chi connectivity index (χ0v) is 14.6. The Balaban J connectivity index is 2.72. The Labute approximate surface area is 152 Å². The van der Waals surface area contributed by atoms with Crippen LogP contribution in [0.2, 0.25) is 0 Å².